The first kappa shape index (κ1) is 23.4. The molecule has 0 bridgehead atoms. The normalized spacial score (nSPS) is 24.3. The molecular formula is C29H28O9. The molecule has 0 spiro atoms. The molecule has 4 aliphatic rings. The maximum atomic E-state index is 13.2. The second-order valence-electron chi connectivity index (χ2n) is 10.3. The highest BCUT2D eigenvalue weighted by molar-refractivity contribution is 6.14. The number of hydrogen-bond donors (Lipinski definition) is 0. The summed E-state index contributed by atoms with van der Waals surface area (Å²) in [4.78, 5) is 13.2. The van der Waals surface area contributed by atoms with Gasteiger partial charge in [0.05, 0.1) is 25.9 Å². The van der Waals surface area contributed by atoms with Crippen LogP contribution in [0.25, 0.3) is 21.9 Å². The third-order valence-corrected chi connectivity index (χ3v) is 7.67. The lowest BCUT2D eigenvalue weighted by Gasteiger charge is -2.25. The van der Waals surface area contributed by atoms with Crippen LogP contribution >= 0.6 is 0 Å². The van der Waals surface area contributed by atoms with E-state index >= 15 is 0 Å². The van der Waals surface area contributed by atoms with Gasteiger partial charge in [0, 0.05) is 16.5 Å². The molecular weight excluding hydrogens is 492 g/mol. The third kappa shape index (κ3) is 3.49. The molecule has 0 aromatic heterocycles. The van der Waals surface area contributed by atoms with E-state index in [0.29, 0.717) is 39.9 Å². The van der Waals surface area contributed by atoms with Gasteiger partial charge in [0.1, 0.15) is 24.6 Å². The molecule has 2 fully saturated rings. The first-order valence-electron chi connectivity index (χ1n) is 12.7. The molecule has 3 aromatic carbocycles. The average Bonchev–Trinajstić information content (AvgIpc) is 3.67. The number of methoxy groups -OCH3 is 2. The fraction of sp³-hybridized carbons (Fsp3) is 0.414. The highest BCUT2D eigenvalue weighted by Gasteiger charge is 2.50. The quantitative estimate of drug-likeness (QED) is 0.432. The van der Waals surface area contributed by atoms with Crippen molar-refractivity contribution in [3.05, 3.63) is 41.5 Å². The van der Waals surface area contributed by atoms with Crippen molar-refractivity contribution in [2.45, 2.75) is 57.4 Å². The average molecular weight is 521 g/mol. The first-order chi connectivity index (χ1) is 18.4. The molecule has 3 aromatic rings. The summed E-state index contributed by atoms with van der Waals surface area (Å²) in [5.41, 5.74) is 2.68. The molecule has 3 aliphatic heterocycles. The van der Waals surface area contributed by atoms with Gasteiger partial charge < -0.3 is 37.9 Å². The van der Waals surface area contributed by atoms with E-state index in [4.69, 9.17) is 37.9 Å². The number of cyclic esters (lactones) is 1. The summed E-state index contributed by atoms with van der Waals surface area (Å²) in [6.07, 6.45) is 1.13. The summed E-state index contributed by atoms with van der Waals surface area (Å²) in [7, 11) is 3.18. The summed E-state index contributed by atoms with van der Waals surface area (Å²) >= 11 is 0. The molecule has 9 heteroatoms. The number of rotatable bonds is 5. The maximum absolute atomic E-state index is 13.2. The number of ether oxygens (including phenoxy) is 8. The van der Waals surface area contributed by atoms with Crippen LogP contribution in [0.15, 0.2) is 30.3 Å². The van der Waals surface area contributed by atoms with Crippen LogP contribution < -0.4 is 23.7 Å². The van der Waals surface area contributed by atoms with Gasteiger partial charge in [0.25, 0.3) is 0 Å². The molecule has 7 rings (SSSR count). The van der Waals surface area contributed by atoms with E-state index in [9.17, 15) is 4.79 Å². The van der Waals surface area contributed by atoms with Crippen LogP contribution in [0, 0.1) is 0 Å². The molecule has 3 atom stereocenters. The van der Waals surface area contributed by atoms with Crippen molar-refractivity contribution >= 4 is 16.7 Å². The Kier molecular flexibility index (Phi) is 5.18. The molecule has 3 heterocycles. The van der Waals surface area contributed by atoms with E-state index in [1.165, 1.54) is 0 Å². The van der Waals surface area contributed by atoms with Crippen LogP contribution in [0.4, 0.5) is 0 Å². The van der Waals surface area contributed by atoms with Crippen LogP contribution in [0.5, 0.6) is 28.7 Å². The Morgan fingerprint density at radius 2 is 1.63 bits per heavy atom. The summed E-state index contributed by atoms with van der Waals surface area (Å²) < 4.78 is 47.1. The largest absolute Gasteiger partial charge is 0.493 e. The highest BCUT2D eigenvalue weighted by Crippen LogP contribution is 2.50. The molecule has 0 radical (unpaired) electrons. The monoisotopic (exact) mass is 520 g/mol. The van der Waals surface area contributed by atoms with E-state index in [-0.39, 0.29) is 31.7 Å². The Bertz CT molecular complexity index is 1480. The molecule has 0 amide bonds. The molecule has 1 saturated carbocycles. The molecule has 1 saturated heterocycles. The predicted molar refractivity (Wildman–Crippen MR) is 135 cm³/mol. The lowest BCUT2D eigenvalue weighted by Crippen LogP contribution is -2.33. The van der Waals surface area contributed by atoms with Crippen molar-refractivity contribution in [1.82, 2.24) is 0 Å². The Labute approximate surface area is 219 Å². The fourth-order valence-electron chi connectivity index (χ4n) is 6.07. The van der Waals surface area contributed by atoms with Crippen molar-refractivity contribution in [2.24, 2.45) is 0 Å². The zero-order chi connectivity index (χ0) is 26.2. The zero-order valence-corrected chi connectivity index (χ0v) is 21.6. The lowest BCUT2D eigenvalue weighted by atomic mass is 9.89. The minimum absolute atomic E-state index is 0.0327. The smallest absolute Gasteiger partial charge is 0.339 e. The SMILES string of the molecule is COc1cc2c(OC3CCC4OC(C)(C)OC34)c3c(c(-c4ccc5c(c4)OCO5)c2cc1OC)C(=O)OC3. The molecule has 0 N–H and O–H groups in total. The van der Waals surface area contributed by atoms with Crippen LogP contribution in [0.2, 0.25) is 0 Å². The zero-order valence-electron chi connectivity index (χ0n) is 21.6. The Hall–Kier alpha value is -3.69. The Morgan fingerprint density at radius 3 is 2.42 bits per heavy atom. The number of carbonyl (C=O) groups is 1. The van der Waals surface area contributed by atoms with Gasteiger partial charge in [-0.05, 0) is 61.9 Å². The Balaban J connectivity index is 1.45. The van der Waals surface area contributed by atoms with Gasteiger partial charge in [-0.3, -0.25) is 0 Å². The van der Waals surface area contributed by atoms with Crippen molar-refractivity contribution in [1.29, 1.82) is 0 Å². The van der Waals surface area contributed by atoms with Gasteiger partial charge in [-0.1, -0.05) is 6.07 Å². The van der Waals surface area contributed by atoms with Crippen LogP contribution in [0.1, 0.15) is 42.6 Å². The van der Waals surface area contributed by atoms with Crippen LogP contribution in [0.3, 0.4) is 0 Å². The van der Waals surface area contributed by atoms with E-state index in [2.05, 4.69) is 0 Å². The van der Waals surface area contributed by atoms with Gasteiger partial charge in [0.15, 0.2) is 28.8 Å². The number of benzene rings is 3. The van der Waals surface area contributed by atoms with Crippen molar-refractivity contribution in [3.63, 3.8) is 0 Å². The maximum Gasteiger partial charge on any atom is 0.339 e. The minimum atomic E-state index is -0.666. The minimum Gasteiger partial charge on any atom is -0.493 e. The fourth-order valence-corrected chi connectivity index (χ4v) is 6.07. The van der Waals surface area contributed by atoms with Crippen LogP contribution in [-0.2, 0) is 20.8 Å². The second-order valence-corrected chi connectivity index (χ2v) is 10.3. The van der Waals surface area contributed by atoms with E-state index < -0.39 is 11.8 Å². The molecule has 9 nitrogen and oxygen atoms in total. The summed E-state index contributed by atoms with van der Waals surface area (Å²) in [5.74, 6) is 1.89. The third-order valence-electron chi connectivity index (χ3n) is 7.67. The Morgan fingerprint density at radius 1 is 0.868 bits per heavy atom. The molecule has 1 aliphatic carbocycles. The van der Waals surface area contributed by atoms with Gasteiger partial charge >= 0.3 is 5.97 Å². The lowest BCUT2D eigenvalue weighted by molar-refractivity contribution is -0.159. The van der Waals surface area contributed by atoms with Crippen molar-refractivity contribution in [2.75, 3.05) is 21.0 Å². The number of carbonyl (C=O) groups excluding carboxylic acids is 1. The second kappa shape index (κ2) is 8.41. The summed E-state index contributed by atoms with van der Waals surface area (Å²) in [5, 5.41) is 1.56. The van der Waals surface area contributed by atoms with E-state index in [1.807, 2.05) is 44.2 Å². The van der Waals surface area contributed by atoms with Gasteiger partial charge in [-0.2, -0.15) is 0 Å². The number of fused-ring (bicyclic) bond motifs is 4. The van der Waals surface area contributed by atoms with Gasteiger partial charge in [-0.15, -0.1) is 0 Å². The number of esters is 1. The molecule has 38 heavy (non-hydrogen) atoms. The van der Waals surface area contributed by atoms with Crippen molar-refractivity contribution < 1.29 is 42.7 Å². The molecule has 3 unspecified atom stereocenters. The summed E-state index contributed by atoms with van der Waals surface area (Å²) in [6, 6.07) is 9.42. The van der Waals surface area contributed by atoms with Crippen LogP contribution in [-0.4, -0.2) is 51.1 Å². The van der Waals surface area contributed by atoms with E-state index in [1.54, 1.807) is 14.2 Å². The van der Waals surface area contributed by atoms with Gasteiger partial charge in [0.2, 0.25) is 6.79 Å². The van der Waals surface area contributed by atoms with Gasteiger partial charge in [-0.25, -0.2) is 4.79 Å². The van der Waals surface area contributed by atoms with E-state index in [0.717, 1.165) is 34.7 Å². The summed E-state index contributed by atoms with van der Waals surface area (Å²) in [6.45, 7) is 4.09. The topological polar surface area (TPSA) is 90.9 Å². The highest BCUT2D eigenvalue weighted by atomic mass is 16.8. The van der Waals surface area contributed by atoms with Crippen molar-refractivity contribution in [3.8, 4) is 39.9 Å². The standard InChI is InChI=1S/C29H28O9/c1-29(2)37-20-8-7-19(27(20)38-29)36-26-16-11-22(32-4)21(31-3)10-15(16)24(25-17(26)12-33-28(25)30)14-5-6-18-23(9-14)35-13-34-18/h5-6,9-11,19-20,27H,7-8,12-13H2,1-4H3. The predicted octanol–water partition coefficient (Wildman–Crippen LogP) is 4.98. The number of hydrogen-bond acceptors (Lipinski definition) is 9. The molecule has 198 valence electrons. The first-order valence-corrected chi connectivity index (χ1v) is 12.7.